The number of carbonyl (C=O) groups is 1. The highest BCUT2D eigenvalue weighted by molar-refractivity contribution is 8.18. The zero-order valence-electron chi connectivity index (χ0n) is 14.7. The van der Waals surface area contributed by atoms with Crippen LogP contribution in [0.1, 0.15) is 11.1 Å². The van der Waals surface area contributed by atoms with Crippen LogP contribution in [0.4, 0.5) is 0 Å². The van der Waals surface area contributed by atoms with Crippen LogP contribution in [-0.2, 0) is 13.6 Å². The zero-order valence-corrected chi connectivity index (χ0v) is 16.3. The molecule has 0 bridgehead atoms. The van der Waals surface area contributed by atoms with Gasteiger partial charge in [0.05, 0.1) is 7.11 Å². The van der Waals surface area contributed by atoms with Crippen molar-refractivity contribution in [2.75, 3.05) is 7.11 Å². The lowest BCUT2D eigenvalue weighted by Gasteiger charge is -2.30. The van der Waals surface area contributed by atoms with Crippen LogP contribution >= 0.6 is 23.5 Å². The van der Waals surface area contributed by atoms with E-state index in [0.29, 0.717) is 0 Å². The maximum Gasteiger partial charge on any atom is 0.337 e. The van der Waals surface area contributed by atoms with E-state index in [-0.39, 0.29) is 5.97 Å². The highest BCUT2D eigenvalue weighted by Gasteiger charge is 2.44. The van der Waals surface area contributed by atoms with E-state index in [1.807, 2.05) is 91.9 Å². The molecule has 0 saturated carbocycles. The molecule has 0 amide bonds. The summed E-state index contributed by atoms with van der Waals surface area (Å²) in [7, 11) is 1.45. The molecule has 0 radical (unpaired) electrons. The Morgan fingerprint density at radius 2 is 1.23 bits per heavy atom. The van der Waals surface area contributed by atoms with Crippen LogP contribution in [0, 0.1) is 6.92 Å². The molecule has 0 aliphatic rings. The predicted molar refractivity (Wildman–Crippen MR) is 109 cm³/mol. The molecule has 0 aliphatic carbocycles. The van der Waals surface area contributed by atoms with E-state index < -0.39 is 4.08 Å². The Bertz CT molecular complexity index is 805. The number of thioether (sulfide) groups is 2. The molecule has 26 heavy (non-hydrogen) atoms. The van der Waals surface area contributed by atoms with Crippen LogP contribution in [0.25, 0.3) is 0 Å². The molecule has 3 rings (SSSR count). The fraction of sp³-hybridized carbons (Fsp3) is 0.136. The van der Waals surface area contributed by atoms with E-state index in [9.17, 15) is 4.79 Å². The largest absolute Gasteiger partial charge is 0.467 e. The summed E-state index contributed by atoms with van der Waals surface area (Å²) in [5.41, 5.74) is 2.07. The molecule has 0 saturated heterocycles. The van der Waals surface area contributed by atoms with Gasteiger partial charge in [-0.25, -0.2) is 4.79 Å². The van der Waals surface area contributed by atoms with Gasteiger partial charge in [-0.05, 0) is 36.8 Å². The zero-order chi connectivity index (χ0) is 18.4. The van der Waals surface area contributed by atoms with E-state index in [4.69, 9.17) is 4.74 Å². The van der Waals surface area contributed by atoms with Gasteiger partial charge in [-0.3, -0.25) is 0 Å². The molecular formula is C22H20O2S2. The van der Waals surface area contributed by atoms with E-state index >= 15 is 0 Å². The molecule has 0 N–H and O–H groups in total. The van der Waals surface area contributed by atoms with E-state index in [2.05, 4.69) is 0 Å². The predicted octanol–water partition coefficient (Wildman–Crippen LogP) is 5.91. The summed E-state index contributed by atoms with van der Waals surface area (Å²) >= 11 is 3.02. The molecule has 0 aromatic heterocycles. The van der Waals surface area contributed by atoms with Gasteiger partial charge in [0.1, 0.15) is 0 Å². The monoisotopic (exact) mass is 380 g/mol. The smallest absolute Gasteiger partial charge is 0.337 e. The molecule has 0 aliphatic heterocycles. The lowest BCUT2D eigenvalue weighted by Crippen LogP contribution is -2.30. The van der Waals surface area contributed by atoms with Crippen molar-refractivity contribution < 1.29 is 9.53 Å². The first kappa shape index (κ1) is 18.6. The van der Waals surface area contributed by atoms with Crippen molar-refractivity contribution in [3.8, 4) is 0 Å². The van der Waals surface area contributed by atoms with Crippen molar-refractivity contribution in [2.24, 2.45) is 0 Å². The van der Waals surface area contributed by atoms with E-state index in [1.165, 1.54) is 30.6 Å². The maximum atomic E-state index is 13.1. The third-order valence-electron chi connectivity index (χ3n) is 3.90. The van der Waals surface area contributed by atoms with Crippen molar-refractivity contribution in [3.05, 3.63) is 96.1 Å². The minimum absolute atomic E-state index is 0.274. The second-order valence-corrected chi connectivity index (χ2v) is 8.64. The standard InChI is InChI=1S/C22H20O2S2/c1-17-13-15-18(16-14-17)22(21(23)24-2,25-19-9-5-3-6-10-19)26-20-11-7-4-8-12-20/h3-16H,1-2H3. The summed E-state index contributed by atoms with van der Waals surface area (Å²) in [4.78, 5) is 15.1. The normalized spacial score (nSPS) is 11.2. The number of aryl methyl sites for hydroxylation is 1. The van der Waals surface area contributed by atoms with E-state index in [1.54, 1.807) is 0 Å². The van der Waals surface area contributed by atoms with Gasteiger partial charge in [-0.1, -0.05) is 89.8 Å². The quantitative estimate of drug-likeness (QED) is 0.302. The minimum Gasteiger partial charge on any atom is -0.467 e. The molecule has 0 fully saturated rings. The number of methoxy groups -OCH3 is 1. The second kappa shape index (κ2) is 8.47. The van der Waals surface area contributed by atoms with Crippen LogP contribution in [0.15, 0.2) is 94.7 Å². The van der Waals surface area contributed by atoms with Crippen molar-refractivity contribution in [3.63, 3.8) is 0 Å². The number of hydrogen-bond donors (Lipinski definition) is 0. The van der Waals surface area contributed by atoms with Crippen LogP contribution < -0.4 is 0 Å². The number of benzene rings is 3. The second-order valence-electron chi connectivity index (χ2n) is 5.80. The molecule has 0 unspecified atom stereocenters. The number of hydrogen-bond acceptors (Lipinski definition) is 4. The van der Waals surface area contributed by atoms with Gasteiger partial charge in [0.2, 0.25) is 0 Å². The summed E-state index contributed by atoms with van der Waals surface area (Å²) < 4.78 is 4.34. The van der Waals surface area contributed by atoms with Crippen molar-refractivity contribution in [2.45, 2.75) is 20.8 Å². The Balaban J connectivity index is 2.12. The van der Waals surface area contributed by atoms with Gasteiger partial charge in [0.25, 0.3) is 0 Å². The SMILES string of the molecule is COC(=O)C(Sc1ccccc1)(Sc1ccccc1)c1ccc(C)cc1. The van der Waals surface area contributed by atoms with Crippen molar-refractivity contribution >= 4 is 29.5 Å². The summed E-state index contributed by atoms with van der Waals surface area (Å²) in [6.45, 7) is 2.04. The molecule has 4 heteroatoms. The van der Waals surface area contributed by atoms with Gasteiger partial charge in [-0.2, -0.15) is 0 Å². The average Bonchev–Trinajstić information content (AvgIpc) is 2.69. The number of rotatable bonds is 6. The van der Waals surface area contributed by atoms with Crippen molar-refractivity contribution in [1.82, 2.24) is 0 Å². The number of esters is 1. The van der Waals surface area contributed by atoms with Crippen LogP contribution in [0.5, 0.6) is 0 Å². The molecule has 132 valence electrons. The van der Waals surface area contributed by atoms with Crippen molar-refractivity contribution in [1.29, 1.82) is 0 Å². The topological polar surface area (TPSA) is 26.3 Å². The fourth-order valence-electron chi connectivity index (χ4n) is 2.56. The first-order valence-corrected chi connectivity index (χ1v) is 9.91. The number of ether oxygens (including phenoxy) is 1. The van der Waals surface area contributed by atoms with Gasteiger partial charge in [-0.15, -0.1) is 0 Å². The van der Waals surface area contributed by atoms with Gasteiger partial charge in [0.15, 0.2) is 4.08 Å². The maximum absolute atomic E-state index is 13.1. The first-order valence-electron chi connectivity index (χ1n) is 8.28. The first-order chi connectivity index (χ1) is 12.6. The Kier molecular flexibility index (Phi) is 6.07. The fourth-order valence-corrected chi connectivity index (χ4v) is 5.39. The molecule has 0 spiro atoms. The lowest BCUT2D eigenvalue weighted by atomic mass is 10.1. The molecule has 3 aromatic carbocycles. The average molecular weight is 381 g/mol. The summed E-state index contributed by atoms with van der Waals surface area (Å²) in [6, 6.07) is 28.0. The highest BCUT2D eigenvalue weighted by atomic mass is 32.2. The Labute approximate surface area is 163 Å². The van der Waals surface area contributed by atoms with Gasteiger partial charge >= 0.3 is 5.97 Å². The summed E-state index contributed by atoms with van der Waals surface area (Å²) in [6.07, 6.45) is 0. The van der Waals surface area contributed by atoms with Crippen LogP contribution in [-0.4, -0.2) is 13.1 Å². The molecule has 3 aromatic rings. The van der Waals surface area contributed by atoms with Gasteiger partial charge < -0.3 is 4.74 Å². The molecule has 0 atom stereocenters. The third-order valence-corrected chi connectivity index (χ3v) is 6.79. The molecular weight excluding hydrogens is 360 g/mol. The van der Waals surface area contributed by atoms with Crippen LogP contribution in [0.3, 0.4) is 0 Å². The molecule has 0 heterocycles. The highest BCUT2D eigenvalue weighted by Crippen LogP contribution is 2.53. The minimum atomic E-state index is -0.925. The van der Waals surface area contributed by atoms with E-state index in [0.717, 1.165) is 20.9 Å². The van der Waals surface area contributed by atoms with Gasteiger partial charge in [0, 0.05) is 9.79 Å². The lowest BCUT2D eigenvalue weighted by molar-refractivity contribution is -0.141. The third kappa shape index (κ3) is 4.14. The molecule has 2 nitrogen and oxygen atoms in total. The Morgan fingerprint density at radius 1 is 0.769 bits per heavy atom. The Hall–Kier alpha value is -2.17. The summed E-state index contributed by atoms with van der Waals surface area (Å²) in [5, 5.41) is 0. The van der Waals surface area contributed by atoms with Crippen LogP contribution in [0.2, 0.25) is 0 Å². The summed E-state index contributed by atoms with van der Waals surface area (Å²) in [5.74, 6) is -0.274. The Morgan fingerprint density at radius 3 is 1.65 bits per heavy atom. The number of carbonyl (C=O) groups excluding carboxylic acids is 1.